The summed E-state index contributed by atoms with van der Waals surface area (Å²) in [4.78, 5) is 23.6. The molecule has 0 amide bonds. The van der Waals surface area contributed by atoms with Crippen LogP contribution in [0, 0.1) is 5.92 Å². The highest BCUT2D eigenvalue weighted by Crippen LogP contribution is 2.34. The zero-order valence-electron chi connectivity index (χ0n) is 12.3. The average Bonchev–Trinajstić information content (AvgIpc) is 2.50. The van der Waals surface area contributed by atoms with E-state index in [4.69, 9.17) is 9.84 Å². The number of carbonyl (C=O) groups is 2. The maximum atomic E-state index is 12.4. The molecule has 0 saturated carbocycles. The van der Waals surface area contributed by atoms with Crippen LogP contribution in [0.4, 0.5) is 0 Å². The van der Waals surface area contributed by atoms with E-state index in [9.17, 15) is 14.7 Å². The fourth-order valence-electron chi connectivity index (χ4n) is 3.36. The van der Waals surface area contributed by atoms with E-state index < -0.39 is 24.1 Å². The third-order valence-electron chi connectivity index (χ3n) is 4.33. The summed E-state index contributed by atoms with van der Waals surface area (Å²) in [5, 5.41) is 21.2. The Kier molecular flexibility index (Phi) is 3.74. The van der Waals surface area contributed by atoms with E-state index in [-0.39, 0.29) is 18.0 Å². The maximum absolute atomic E-state index is 12.4. The first kappa shape index (κ1) is 14.8. The van der Waals surface area contributed by atoms with Crippen molar-refractivity contribution in [1.82, 2.24) is 0 Å². The summed E-state index contributed by atoms with van der Waals surface area (Å²) in [7, 11) is 0. The van der Waals surface area contributed by atoms with Gasteiger partial charge >= 0.3 is 5.97 Å². The summed E-state index contributed by atoms with van der Waals surface area (Å²) in [6, 6.07) is 7.34. The Hall–Kier alpha value is -2.14. The molecule has 5 heteroatoms. The zero-order chi connectivity index (χ0) is 15.9. The number of aliphatic hydroxyl groups is 1. The van der Waals surface area contributed by atoms with Gasteiger partial charge in [-0.05, 0) is 17.2 Å². The van der Waals surface area contributed by atoms with Gasteiger partial charge in [0.2, 0.25) is 0 Å². The number of carboxylic acid groups (broad SMARTS) is 1. The molecule has 116 valence electrons. The highest BCUT2D eigenvalue weighted by atomic mass is 16.5. The predicted molar refractivity (Wildman–Crippen MR) is 79.5 cm³/mol. The second-order valence-corrected chi connectivity index (χ2v) is 5.74. The van der Waals surface area contributed by atoms with Crippen LogP contribution in [0.1, 0.15) is 26.2 Å². The van der Waals surface area contributed by atoms with Gasteiger partial charge in [-0.3, -0.25) is 4.79 Å². The quantitative estimate of drug-likeness (QED) is 0.860. The molecule has 1 aromatic carbocycles. The smallest absolute Gasteiger partial charge is 0.333 e. The third kappa shape index (κ3) is 2.22. The zero-order valence-corrected chi connectivity index (χ0v) is 12.3. The van der Waals surface area contributed by atoms with Gasteiger partial charge in [0.15, 0.2) is 6.10 Å². The Balaban J connectivity index is 2.22. The molecule has 1 aliphatic carbocycles. The first-order chi connectivity index (χ1) is 10.5. The van der Waals surface area contributed by atoms with E-state index >= 15 is 0 Å². The number of Topliss-reactive ketones (excluding diaryl/α,β-unsaturated/α-hetero) is 1. The van der Waals surface area contributed by atoms with E-state index in [2.05, 4.69) is 0 Å². The average molecular weight is 302 g/mol. The van der Waals surface area contributed by atoms with Gasteiger partial charge < -0.3 is 14.9 Å². The van der Waals surface area contributed by atoms with Crippen LogP contribution in [0.5, 0.6) is 0 Å². The molecule has 0 aromatic heterocycles. The van der Waals surface area contributed by atoms with Crippen molar-refractivity contribution >= 4 is 23.1 Å². The first-order valence-corrected chi connectivity index (χ1v) is 7.46. The Morgan fingerprint density at radius 3 is 2.64 bits per heavy atom. The molecule has 1 aromatic rings. The van der Waals surface area contributed by atoms with Gasteiger partial charge in [0, 0.05) is 11.6 Å². The Morgan fingerprint density at radius 2 is 2.00 bits per heavy atom. The van der Waals surface area contributed by atoms with Crippen LogP contribution in [0.25, 0.3) is 11.3 Å². The molecule has 3 atom stereocenters. The first-order valence-electron chi connectivity index (χ1n) is 7.46. The van der Waals surface area contributed by atoms with Crippen molar-refractivity contribution in [1.29, 1.82) is 0 Å². The summed E-state index contributed by atoms with van der Waals surface area (Å²) in [5.41, 5.74) is 0.903. The fraction of sp³-hybridized carbons (Fsp3) is 0.412. The molecule has 5 nitrogen and oxygen atoms in total. The molecule has 3 rings (SSSR count). The minimum atomic E-state index is -1.14. The Bertz CT molecular complexity index is 749. The number of aliphatic carboxylic acids is 1. The molecule has 1 aliphatic heterocycles. The fourth-order valence-corrected chi connectivity index (χ4v) is 3.36. The maximum Gasteiger partial charge on any atom is 0.333 e. The normalized spacial score (nSPS) is 27.3. The minimum absolute atomic E-state index is 0.00529. The van der Waals surface area contributed by atoms with Gasteiger partial charge in [0.25, 0.3) is 0 Å². The van der Waals surface area contributed by atoms with Crippen molar-refractivity contribution in [2.75, 3.05) is 0 Å². The number of carboxylic acids is 1. The van der Waals surface area contributed by atoms with Gasteiger partial charge in [-0.15, -0.1) is 0 Å². The number of aliphatic hydroxyl groups excluding tert-OH is 1. The molecule has 1 heterocycles. The second-order valence-electron chi connectivity index (χ2n) is 5.74. The highest BCUT2D eigenvalue weighted by molar-refractivity contribution is 5.95. The van der Waals surface area contributed by atoms with Crippen molar-refractivity contribution in [3.05, 3.63) is 34.7 Å². The number of rotatable bonds is 3. The van der Waals surface area contributed by atoms with Gasteiger partial charge in [0.05, 0.1) is 6.10 Å². The van der Waals surface area contributed by atoms with E-state index in [1.165, 1.54) is 0 Å². The van der Waals surface area contributed by atoms with Gasteiger partial charge in [-0.1, -0.05) is 37.6 Å². The number of ketones is 1. The van der Waals surface area contributed by atoms with Gasteiger partial charge in [0.1, 0.15) is 17.5 Å². The highest BCUT2D eigenvalue weighted by Gasteiger charge is 2.45. The standard InChI is InChI=1S/C17H18O5/c1-2-5-11-9-6-3-4-7-10(9)15(19)14-12(18)8-13(17(20)21)22-16(11)14/h3-4,6-7,13-14,16,19H,2,5,8H2,1H3,(H,20,21). The lowest BCUT2D eigenvalue weighted by atomic mass is 9.79. The minimum Gasteiger partial charge on any atom is -0.511 e. The van der Waals surface area contributed by atoms with Crippen LogP contribution in [0.3, 0.4) is 0 Å². The molecule has 0 radical (unpaired) electrons. The van der Waals surface area contributed by atoms with Crippen molar-refractivity contribution in [3.63, 3.8) is 0 Å². The molecule has 1 saturated heterocycles. The van der Waals surface area contributed by atoms with Crippen LogP contribution in [0.15, 0.2) is 24.3 Å². The van der Waals surface area contributed by atoms with Gasteiger partial charge in [-0.2, -0.15) is 0 Å². The monoisotopic (exact) mass is 302 g/mol. The largest absolute Gasteiger partial charge is 0.511 e. The summed E-state index contributed by atoms with van der Waals surface area (Å²) >= 11 is 0. The van der Waals surface area contributed by atoms with E-state index in [0.29, 0.717) is 11.6 Å². The van der Waals surface area contributed by atoms with Crippen molar-refractivity contribution in [3.8, 4) is 0 Å². The molecular weight excluding hydrogens is 284 g/mol. The molecule has 0 spiro atoms. The van der Waals surface area contributed by atoms with Crippen LogP contribution in [0.2, 0.25) is 0 Å². The van der Waals surface area contributed by atoms with E-state index in [1.807, 2.05) is 25.1 Å². The Labute approximate surface area is 127 Å². The summed E-state index contributed by atoms with van der Waals surface area (Å²) in [6.07, 6.45) is -0.480. The Morgan fingerprint density at radius 1 is 1.32 bits per heavy atom. The third-order valence-corrected chi connectivity index (χ3v) is 4.33. The topological polar surface area (TPSA) is 83.8 Å². The van der Waals surface area contributed by atoms with Crippen LogP contribution < -0.4 is 10.4 Å². The molecule has 22 heavy (non-hydrogen) atoms. The molecular formula is C17H18O5. The number of hydrogen-bond donors (Lipinski definition) is 2. The number of hydrogen-bond acceptors (Lipinski definition) is 4. The molecule has 1 fully saturated rings. The number of benzene rings is 1. The molecule has 2 N–H and O–H groups in total. The predicted octanol–water partition coefficient (Wildman–Crippen LogP) is 0.745. The number of ether oxygens (including phenoxy) is 1. The van der Waals surface area contributed by atoms with Gasteiger partial charge in [-0.25, -0.2) is 4.79 Å². The summed E-state index contributed by atoms with van der Waals surface area (Å²) in [6.45, 7) is 2.02. The molecule has 2 aliphatic rings. The number of carbonyl (C=O) groups excluding carboxylic acids is 1. The van der Waals surface area contributed by atoms with Crippen LogP contribution >= 0.6 is 0 Å². The SMILES string of the molecule is CCCC1=c2ccccc2=C(O)C2C(=O)CC(C(=O)O)OC12. The van der Waals surface area contributed by atoms with Crippen LogP contribution in [-0.4, -0.2) is 34.2 Å². The lowest BCUT2D eigenvalue weighted by molar-refractivity contribution is -0.163. The summed E-state index contributed by atoms with van der Waals surface area (Å²) in [5.74, 6) is -2.20. The van der Waals surface area contributed by atoms with Crippen molar-refractivity contribution in [2.24, 2.45) is 5.92 Å². The molecule has 0 bridgehead atoms. The van der Waals surface area contributed by atoms with E-state index in [1.54, 1.807) is 6.07 Å². The van der Waals surface area contributed by atoms with Crippen LogP contribution in [-0.2, 0) is 14.3 Å². The second kappa shape index (κ2) is 5.57. The van der Waals surface area contributed by atoms with Crippen molar-refractivity contribution in [2.45, 2.75) is 38.4 Å². The lowest BCUT2D eigenvalue weighted by Crippen LogP contribution is -2.52. The van der Waals surface area contributed by atoms with Crippen molar-refractivity contribution < 1.29 is 24.5 Å². The lowest BCUT2D eigenvalue weighted by Gasteiger charge is -2.37. The summed E-state index contributed by atoms with van der Waals surface area (Å²) < 4.78 is 5.68. The number of fused-ring (bicyclic) bond motifs is 2. The van der Waals surface area contributed by atoms with E-state index in [0.717, 1.165) is 17.2 Å². The molecule has 3 unspecified atom stereocenters.